The summed E-state index contributed by atoms with van der Waals surface area (Å²) < 4.78 is 0. The van der Waals surface area contributed by atoms with Crippen LogP contribution in [0.2, 0.25) is 0 Å². The van der Waals surface area contributed by atoms with Gasteiger partial charge in [0.2, 0.25) is 5.91 Å². The monoisotopic (exact) mass is 268 g/mol. The highest BCUT2D eigenvalue weighted by atomic mass is 16.3. The predicted molar refractivity (Wildman–Crippen MR) is 75.6 cm³/mol. The van der Waals surface area contributed by atoms with E-state index in [9.17, 15) is 9.90 Å². The maximum absolute atomic E-state index is 12.5. The summed E-state index contributed by atoms with van der Waals surface area (Å²) >= 11 is 0. The van der Waals surface area contributed by atoms with Crippen LogP contribution in [0.4, 0.5) is 0 Å². The second kappa shape index (κ2) is 7.25. The first-order valence-corrected chi connectivity index (χ1v) is 7.86. The first-order valence-electron chi connectivity index (χ1n) is 7.86. The molecule has 0 aromatic rings. The molecule has 3 N–H and O–H groups in total. The first-order chi connectivity index (χ1) is 9.20. The van der Waals surface area contributed by atoms with Gasteiger partial charge in [0, 0.05) is 19.0 Å². The van der Waals surface area contributed by atoms with Crippen molar-refractivity contribution in [2.45, 2.75) is 69.9 Å². The molecule has 0 bridgehead atoms. The number of likely N-dealkylation sites (tertiary alicyclic amines) is 1. The molecule has 110 valence electrons. The number of amides is 1. The maximum atomic E-state index is 12.5. The van der Waals surface area contributed by atoms with Crippen LogP contribution >= 0.6 is 0 Å². The third-order valence-electron chi connectivity index (χ3n) is 4.76. The maximum Gasteiger partial charge on any atom is 0.223 e. The SMILES string of the molecule is NC1CCC(CC(=O)N2CCCCCC2CO)CC1. The van der Waals surface area contributed by atoms with E-state index in [4.69, 9.17) is 5.73 Å². The summed E-state index contributed by atoms with van der Waals surface area (Å²) in [5, 5.41) is 9.47. The van der Waals surface area contributed by atoms with Crippen LogP contribution in [0.3, 0.4) is 0 Å². The Bertz CT molecular complexity index is 288. The molecule has 2 fully saturated rings. The smallest absolute Gasteiger partial charge is 0.223 e. The molecule has 1 aliphatic heterocycles. The van der Waals surface area contributed by atoms with E-state index in [1.54, 1.807) is 0 Å². The molecular weight excluding hydrogens is 240 g/mol. The summed E-state index contributed by atoms with van der Waals surface area (Å²) in [4.78, 5) is 14.4. The summed E-state index contributed by atoms with van der Waals surface area (Å²) in [7, 11) is 0. The largest absolute Gasteiger partial charge is 0.394 e. The second-order valence-electron chi connectivity index (χ2n) is 6.26. The number of hydrogen-bond acceptors (Lipinski definition) is 3. The van der Waals surface area contributed by atoms with Crippen molar-refractivity contribution in [2.24, 2.45) is 11.7 Å². The van der Waals surface area contributed by atoms with Crippen molar-refractivity contribution in [3.8, 4) is 0 Å². The number of nitrogens with zero attached hydrogens (tertiary/aromatic N) is 1. The zero-order valence-electron chi connectivity index (χ0n) is 11.9. The van der Waals surface area contributed by atoms with E-state index in [1.165, 1.54) is 6.42 Å². The third kappa shape index (κ3) is 4.18. The van der Waals surface area contributed by atoms with Gasteiger partial charge >= 0.3 is 0 Å². The average molecular weight is 268 g/mol. The lowest BCUT2D eigenvalue weighted by Crippen LogP contribution is -2.43. The summed E-state index contributed by atoms with van der Waals surface area (Å²) in [6.07, 6.45) is 9.29. The van der Waals surface area contributed by atoms with Crippen LogP contribution in [-0.2, 0) is 4.79 Å². The van der Waals surface area contributed by atoms with Crippen molar-refractivity contribution in [1.82, 2.24) is 4.90 Å². The number of nitrogens with two attached hydrogens (primary N) is 1. The van der Waals surface area contributed by atoms with Crippen LogP contribution in [0.5, 0.6) is 0 Å². The molecule has 1 atom stereocenters. The third-order valence-corrected chi connectivity index (χ3v) is 4.76. The van der Waals surface area contributed by atoms with Gasteiger partial charge in [0.15, 0.2) is 0 Å². The average Bonchev–Trinajstić information content (AvgIpc) is 2.66. The van der Waals surface area contributed by atoms with Crippen molar-refractivity contribution in [3.63, 3.8) is 0 Å². The van der Waals surface area contributed by atoms with Gasteiger partial charge in [-0.05, 0) is 44.4 Å². The van der Waals surface area contributed by atoms with Gasteiger partial charge in [0.25, 0.3) is 0 Å². The van der Waals surface area contributed by atoms with Crippen LogP contribution in [0.15, 0.2) is 0 Å². The molecule has 2 aliphatic rings. The zero-order chi connectivity index (χ0) is 13.7. The molecule has 4 nitrogen and oxygen atoms in total. The van der Waals surface area contributed by atoms with E-state index < -0.39 is 0 Å². The van der Waals surface area contributed by atoms with Crippen LogP contribution < -0.4 is 5.73 Å². The molecule has 0 aromatic carbocycles. The van der Waals surface area contributed by atoms with Crippen molar-refractivity contribution >= 4 is 5.91 Å². The fourth-order valence-electron chi connectivity index (χ4n) is 3.45. The molecule has 1 aliphatic carbocycles. The van der Waals surface area contributed by atoms with Crippen LogP contribution in [0.25, 0.3) is 0 Å². The van der Waals surface area contributed by atoms with E-state index in [1.807, 2.05) is 4.90 Å². The number of carbonyl (C=O) groups excluding carboxylic acids is 1. The van der Waals surface area contributed by atoms with Gasteiger partial charge in [-0.2, -0.15) is 0 Å². The molecule has 19 heavy (non-hydrogen) atoms. The Balaban J connectivity index is 1.86. The molecule has 0 spiro atoms. The minimum absolute atomic E-state index is 0.0563. The van der Waals surface area contributed by atoms with Gasteiger partial charge in [-0.25, -0.2) is 0 Å². The van der Waals surface area contributed by atoms with Gasteiger partial charge in [0.1, 0.15) is 0 Å². The summed E-state index contributed by atoms with van der Waals surface area (Å²) in [5.74, 6) is 0.760. The van der Waals surface area contributed by atoms with Crippen molar-refractivity contribution in [1.29, 1.82) is 0 Å². The minimum atomic E-state index is 0.0563. The topological polar surface area (TPSA) is 66.6 Å². The van der Waals surface area contributed by atoms with Gasteiger partial charge in [-0.15, -0.1) is 0 Å². The van der Waals surface area contributed by atoms with E-state index >= 15 is 0 Å². The highest BCUT2D eigenvalue weighted by Crippen LogP contribution is 2.27. The van der Waals surface area contributed by atoms with Gasteiger partial charge in [-0.1, -0.05) is 12.8 Å². The zero-order valence-corrected chi connectivity index (χ0v) is 11.9. The molecular formula is C15H28N2O2. The van der Waals surface area contributed by atoms with Crippen LogP contribution in [0.1, 0.15) is 57.8 Å². The van der Waals surface area contributed by atoms with E-state index in [-0.39, 0.29) is 18.6 Å². The lowest BCUT2D eigenvalue weighted by molar-refractivity contribution is -0.135. The normalized spacial score (nSPS) is 32.9. The Kier molecular flexibility index (Phi) is 5.64. The summed E-state index contributed by atoms with van der Waals surface area (Å²) in [5.41, 5.74) is 5.91. The quantitative estimate of drug-likeness (QED) is 0.818. The molecule has 1 heterocycles. The Morgan fingerprint density at radius 1 is 1.11 bits per heavy atom. The lowest BCUT2D eigenvalue weighted by atomic mass is 9.84. The van der Waals surface area contributed by atoms with Crippen LogP contribution in [0, 0.1) is 5.92 Å². The second-order valence-corrected chi connectivity index (χ2v) is 6.26. The van der Waals surface area contributed by atoms with Crippen LogP contribution in [-0.4, -0.2) is 41.1 Å². The lowest BCUT2D eigenvalue weighted by Gasteiger charge is -2.32. The van der Waals surface area contributed by atoms with Gasteiger partial charge in [0.05, 0.1) is 12.6 Å². The molecule has 1 saturated heterocycles. The van der Waals surface area contributed by atoms with Gasteiger partial charge in [-0.3, -0.25) is 4.79 Å². The highest BCUT2D eigenvalue weighted by molar-refractivity contribution is 5.76. The fourth-order valence-corrected chi connectivity index (χ4v) is 3.45. The first kappa shape index (κ1) is 14.8. The molecule has 4 heteroatoms. The molecule has 0 radical (unpaired) electrons. The number of hydrogen-bond donors (Lipinski definition) is 2. The summed E-state index contributed by atoms with van der Waals surface area (Å²) in [6.45, 7) is 0.942. The highest BCUT2D eigenvalue weighted by Gasteiger charge is 2.28. The number of aliphatic hydroxyl groups is 1. The molecule has 0 aromatic heterocycles. The van der Waals surface area contributed by atoms with Crippen molar-refractivity contribution in [2.75, 3.05) is 13.2 Å². The number of rotatable bonds is 3. The minimum Gasteiger partial charge on any atom is -0.394 e. The Morgan fingerprint density at radius 2 is 1.84 bits per heavy atom. The molecule has 1 saturated carbocycles. The molecule has 1 unspecified atom stereocenters. The Morgan fingerprint density at radius 3 is 2.53 bits per heavy atom. The van der Waals surface area contributed by atoms with E-state index in [0.717, 1.165) is 51.5 Å². The fraction of sp³-hybridized carbons (Fsp3) is 0.933. The number of aliphatic hydroxyl groups excluding tert-OH is 1. The van der Waals surface area contributed by atoms with E-state index in [0.29, 0.717) is 18.4 Å². The Hall–Kier alpha value is -0.610. The molecule has 2 rings (SSSR count). The Labute approximate surface area is 116 Å². The van der Waals surface area contributed by atoms with Crippen molar-refractivity contribution in [3.05, 3.63) is 0 Å². The number of carbonyl (C=O) groups is 1. The van der Waals surface area contributed by atoms with Crippen molar-refractivity contribution < 1.29 is 9.90 Å². The summed E-state index contributed by atoms with van der Waals surface area (Å²) in [6, 6.07) is 0.399. The predicted octanol–water partition coefficient (Wildman–Crippen LogP) is 1.66. The van der Waals surface area contributed by atoms with E-state index in [2.05, 4.69) is 0 Å². The molecule has 1 amide bonds. The standard InChI is InChI=1S/C15H28N2O2/c16-13-7-5-12(6-8-13)10-15(19)17-9-3-1-2-4-14(17)11-18/h12-14,18H,1-11,16H2. The van der Waals surface area contributed by atoms with Gasteiger partial charge < -0.3 is 15.7 Å².